The zero-order valence-corrected chi connectivity index (χ0v) is 10.6. The molecule has 1 aromatic rings. The largest absolute Gasteiger partial charge is 0.493 e. The lowest BCUT2D eigenvalue weighted by Crippen LogP contribution is -2.16. The predicted octanol–water partition coefficient (Wildman–Crippen LogP) is 2.12. The molecule has 0 spiro atoms. The quantitative estimate of drug-likeness (QED) is 0.838. The van der Waals surface area contributed by atoms with Crippen molar-refractivity contribution in [1.29, 1.82) is 0 Å². The highest BCUT2D eigenvalue weighted by Gasteiger charge is 2.17. The zero-order chi connectivity index (χ0) is 13.1. The lowest BCUT2D eigenvalue weighted by Gasteiger charge is -2.17. The lowest BCUT2D eigenvalue weighted by molar-refractivity contribution is -0.138. The number of carboxylic acid groups (broad SMARTS) is 1. The van der Waals surface area contributed by atoms with Crippen LogP contribution >= 0.6 is 0 Å². The van der Waals surface area contributed by atoms with Gasteiger partial charge in [0.25, 0.3) is 0 Å². The summed E-state index contributed by atoms with van der Waals surface area (Å²) in [4.78, 5) is 10.6. The van der Waals surface area contributed by atoms with Crippen molar-refractivity contribution in [2.75, 3.05) is 6.61 Å². The van der Waals surface area contributed by atoms with Crippen molar-refractivity contribution in [3.8, 4) is 5.75 Å². The van der Waals surface area contributed by atoms with E-state index in [2.05, 4.69) is 6.07 Å². The number of nitrogens with two attached hydrogens (primary N) is 1. The molecule has 0 saturated carbocycles. The molecule has 3 N–H and O–H groups in total. The fraction of sp³-hybridized carbons (Fsp3) is 0.500. The molecular weight excluding hydrogens is 230 g/mol. The molecule has 4 nitrogen and oxygen atoms in total. The second-order valence-corrected chi connectivity index (χ2v) is 5.01. The van der Waals surface area contributed by atoms with Crippen LogP contribution in [0, 0.1) is 5.92 Å². The summed E-state index contributed by atoms with van der Waals surface area (Å²) in [7, 11) is 0. The van der Waals surface area contributed by atoms with E-state index in [9.17, 15) is 4.79 Å². The monoisotopic (exact) mass is 249 g/mol. The molecule has 0 amide bonds. The number of hydrogen-bond acceptors (Lipinski definition) is 3. The highest BCUT2D eigenvalue weighted by Crippen LogP contribution is 2.29. The Morgan fingerprint density at radius 3 is 3.06 bits per heavy atom. The number of ether oxygens (including phenoxy) is 1. The van der Waals surface area contributed by atoms with Gasteiger partial charge in [0.1, 0.15) is 5.75 Å². The average molecular weight is 249 g/mol. The Bertz CT molecular complexity index is 445. The van der Waals surface area contributed by atoms with E-state index in [0.717, 1.165) is 24.3 Å². The Morgan fingerprint density at radius 2 is 2.33 bits per heavy atom. The topological polar surface area (TPSA) is 72.5 Å². The van der Waals surface area contributed by atoms with Crippen LogP contribution in [0.4, 0.5) is 0 Å². The van der Waals surface area contributed by atoms with Crippen molar-refractivity contribution in [2.45, 2.75) is 32.2 Å². The van der Waals surface area contributed by atoms with E-state index in [1.807, 2.05) is 19.1 Å². The molecular formula is C14H19NO3. The highest BCUT2D eigenvalue weighted by molar-refractivity contribution is 5.66. The third kappa shape index (κ3) is 3.01. The maximum absolute atomic E-state index is 10.6. The summed E-state index contributed by atoms with van der Waals surface area (Å²) in [6.45, 7) is 2.66. The molecule has 0 bridgehead atoms. The summed E-state index contributed by atoms with van der Waals surface area (Å²) in [6.07, 6.45) is 1.79. The van der Waals surface area contributed by atoms with Gasteiger partial charge >= 0.3 is 5.97 Å². The summed E-state index contributed by atoms with van der Waals surface area (Å²) >= 11 is 0. The Kier molecular flexibility index (Phi) is 3.87. The van der Waals surface area contributed by atoms with Crippen LogP contribution in [0.5, 0.6) is 5.75 Å². The van der Waals surface area contributed by atoms with Gasteiger partial charge in [-0.2, -0.15) is 0 Å². The Labute approximate surface area is 107 Å². The summed E-state index contributed by atoms with van der Waals surface area (Å²) in [6, 6.07) is 5.91. The molecule has 0 aromatic heterocycles. The van der Waals surface area contributed by atoms with E-state index in [0.29, 0.717) is 6.42 Å². The van der Waals surface area contributed by atoms with Gasteiger partial charge < -0.3 is 15.6 Å². The van der Waals surface area contributed by atoms with Crippen molar-refractivity contribution >= 4 is 5.97 Å². The second kappa shape index (κ2) is 5.40. The van der Waals surface area contributed by atoms with E-state index in [1.165, 1.54) is 5.56 Å². The number of hydrogen-bond donors (Lipinski definition) is 2. The minimum atomic E-state index is -0.767. The van der Waals surface area contributed by atoms with Gasteiger partial charge in [0, 0.05) is 18.9 Å². The van der Waals surface area contributed by atoms with Crippen molar-refractivity contribution in [2.24, 2.45) is 11.7 Å². The maximum Gasteiger partial charge on any atom is 0.303 e. The van der Waals surface area contributed by atoms with Crippen LogP contribution in [0.15, 0.2) is 18.2 Å². The molecule has 98 valence electrons. The van der Waals surface area contributed by atoms with Gasteiger partial charge in [-0.25, -0.2) is 0 Å². The van der Waals surface area contributed by atoms with Crippen LogP contribution in [0.2, 0.25) is 0 Å². The van der Waals surface area contributed by atoms with E-state index >= 15 is 0 Å². The first kappa shape index (κ1) is 12.9. The second-order valence-electron chi connectivity index (χ2n) is 5.01. The number of carboxylic acids is 1. The molecule has 18 heavy (non-hydrogen) atoms. The zero-order valence-electron chi connectivity index (χ0n) is 10.6. The molecule has 1 aliphatic heterocycles. The smallest absolute Gasteiger partial charge is 0.303 e. The summed E-state index contributed by atoms with van der Waals surface area (Å²) in [5.41, 5.74) is 8.40. The van der Waals surface area contributed by atoms with Gasteiger partial charge in [-0.3, -0.25) is 4.79 Å². The van der Waals surface area contributed by atoms with Gasteiger partial charge in [-0.05, 0) is 29.5 Å². The Morgan fingerprint density at radius 1 is 1.56 bits per heavy atom. The van der Waals surface area contributed by atoms with Gasteiger partial charge in [0.15, 0.2) is 0 Å². The van der Waals surface area contributed by atoms with E-state index < -0.39 is 5.97 Å². The summed E-state index contributed by atoms with van der Waals surface area (Å²) < 4.78 is 5.45. The average Bonchev–Trinajstić information content (AvgIpc) is 2.74. The number of rotatable bonds is 5. The molecule has 0 aliphatic carbocycles. The fourth-order valence-electron chi connectivity index (χ4n) is 2.39. The van der Waals surface area contributed by atoms with Gasteiger partial charge in [-0.1, -0.05) is 19.1 Å². The standard InChI is InChI=1S/C14H19NO3/c1-9(7-14(16)17)6-12(15)10-2-3-13-11(8-10)4-5-18-13/h2-3,8-9,12H,4-7,15H2,1H3,(H,16,17). The van der Waals surface area contributed by atoms with E-state index in [1.54, 1.807) is 0 Å². The first-order valence-corrected chi connectivity index (χ1v) is 6.29. The predicted molar refractivity (Wildman–Crippen MR) is 68.6 cm³/mol. The normalized spacial score (nSPS) is 16.8. The molecule has 1 aliphatic rings. The van der Waals surface area contributed by atoms with Crippen molar-refractivity contribution in [3.05, 3.63) is 29.3 Å². The molecule has 1 heterocycles. The fourth-order valence-corrected chi connectivity index (χ4v) is 2.39. The molecule has 2 rings (SSSR count). The minimum absolute atomic E-state index is 0.0852. The summed E-state index contributed by atoms with van der Waals surface area (Å²) in [5, 5.41) is 8.74. The van der Waals surface area contributed by atoms with Crippen LogP contribution in [0.1, 0.15) is 36.9 Å². The SMILES string of the molecule is CC(CC(=O)O)CC(N)c1ccc2c(c1)CCO2. The Balaban J connectivity index is 2.00. The Hall–Kier alpha value is -1.55. The highest BCUT2D eigenvalue weighted by atomic mass is 16.5. The van der Waals surface area contributed by atoms with Crippen molar-refractivity contribution < 1.29 is 14.6 Å². The van der Waals surface area contributed by atoms with E-state index in [-0.39, 0.29) is 18.4 Å². The molecule has 2 unspecified atom stereocenters. The summed E-state index contributed by atoms with van der Waals surface area (Å²) in [5.74, 6) is 0.267. The molecule has 0 radical (unpaired) electrons. The van der Waals surface area contributed by atoms with Crippen LogP contribution in [-0.4, -0.2) is 17.7 Å². The van der Waals surface area contributed by atoms with Crippen LogP contribution < -0.4 is 10.5 Å². The van der Waals surface area contributed by atoms with Crippen LogP contribution in [0.3, 0.4) is 0 Å². The first-order valence-electron chi connectivity index (χ1n) is 6.29. The van der Waals surface area contributed by atoms with Crippen LogP contribution in [-0.2, 0) is 11.2 Å². The number of aliphatic carboxylic acids is 1. The molecule has 0 saturated heterocycles. The number of benzene rings is 1. The van der Waals surface area contributed by atoms with Crippen molar-refractivity contribution in [3.63, 3.8) is 0 Å². The van der Waals surface area contributed by atoms with E-state index in [4.69, 9.17) is 15.6 Å². The first-order chi connectivity index (χ1) is 8.56. The maximum atomic E-state index is 10.6. The van der Waals surface area contributed by atoms with Crippen LogP contribution in [0.25, 0.3) is 0 Å². The molecule has 1 aromatic carbocycles. The van der Waals surface area contributed by atoms with Gasteiger partial charge in [0.05, 0.1) is 6.61 Å². The minimum Gasteiger partial charge on any atom is -0.493 e. The third-order valence-electron chi connectivity index (χ3n) is 3.32. The molecule has 2 atom stereocenters. The van der Waals surface area contributed by atoms with Gasteiger partial charge in [-0.15, -0.1) is 0 Å². The van der Waals surface area contributed by atoms with Crippen molar-refractivity contribution in [1.82, 2.24) is 0 Å². The molecule has 4 heteroatoms. The number of fused-ring (bicyclic) bond motifs is 1. The molecule has 0 fully saturated rings. The third-order valence-corrected chi connectivity index (χ3v) is 3.32. The lowest BCUT2D eigenvalue weighted by atomic mass is 9.93. The number of carbonyl (C=O) groups is 1. The van der Waals surface area contributed by atoms with Gasteiger partial charge in [0.2, 0.25) is 0 Å².